The molecule has 0 bridgehead atoms. The van der Waals surface area contributed by atoms with E-state index in [1.54, 1.807) is 6.07 Å². The summed E-state index contributed by atoms with van der Waals surface area (Å²) < 4.78 is 45.2. The normalized spacial score (nSPS) is 11.5. The van der Waals surface area contributed by atoms with Crippen LogP contribution in [0.4, 0.5) is 13.2 Å². The molecule has 2 aromatic rings. The molecule has 90 valence electrons. The van der Waals surface area contributed by atoms with E-state index < -0.39 is 6.36 Å². The van der Waals surface area contributed by atoms with Crippen LogP contribution in [0.3, 0.4) is 0 Å². The molecule has 1 heterocycles. The van der Waals surface area contributed by atoms with Crippen molar-refractivity contribution in [1.82, 2.24) is 4.98 Å². The summed E-state index contributed by atoms with van der Waals surface area (Å²) in [5, 5.41) is -0.151. The zero-order valence-corrected chi connectivity index (χ0v) is 8.92. The van der Waals surface area contributed by atoms with Crippen molar-refractivity contribution >= 4 is 11.6 Å². The summed E-state index contributed by atoms with van der Waals surface area (Å²) in [4.78, 5) is 3.59. The van der Waals surface area contributed by atoms with Gasteiger partial charge < -0.3 is 9.15 Å². The van der Waals surface area contributed by atoms with Crippen molar-refractivity contribution in [3.05, 3.63) is 35.8 Å². The number of alkyl halides is 3. The monoisotopic (exact) mass is 263 g/mol. The second-order valence-electron chi connectivity index (χ2n) is 3.02. The van der Waals surface area contributed by atoms with E-state index in [9.17, 15) is 13.2 Å². The Morgan fingerprint density at radius 1 is 1.24 bits per heavy atom. The van der Waals surface area contributed by atoms with Gasteiger partial charge in [0.05, 0.1) is 11.8 Å². The molecule has 0 aliphatic heterocycles. The van der Waals surface area contributed by atoms with E-state index >= 15 is 0 Å². The SMILES string of the molecule is FC(F)(F)Oc1ccccc1-c1cnc(Cl)o1. The van der Waals surface area contributed by atoms with Gasteiger partial charge in [-0.05, 0) is 23.7 Å². The average Bonchev–Trinajstić information content (AvgIpc) is 2.63. The standard InChI is InChI=1S/C10H5ClF3NO2/c11-9-15-5-8(16-9)6-3-1-2-4-7(6)17-10(12,13)14/h1-5H. The third kappa shape index (κ3) is 2.91. The van der Waals surface area contributed by atoms with E-state index in [-0.39, 0.29) is 22.4 Å². The number of nitrogens with zero attached hydrogens (tertiary/aromatic N) is 1. The van der Waals surface area contributed by atoms with E-state index in [4.69, 9.17) is 16.0 Å². The van der Waals surface area contributed by atoms with Gasteiger partial charge in [-0.1, -0.05) is 12.1 Å². The maximum Gasteiger partial charge on any atom is 0.573 e. The smallest absolute Gasteiger partial charge is 0.427 e. The van der Waals surface area contributed by atoms with Crippen LogP contribution in [-0.4, -0.2) is 11.3 Å². The Morgan fingerprint density at radius 2 is 1.94 bits per heavy atom. The average molecular weight is 264 g/mol. The van der Waals surface area contributed by atoms with Crippen LogP contribution in [0.1, 0.15) is 0 Å². The molecule has 0 saturated heterocycles. The Morgan fingerprint density at radius 3 is 2.53 bits per heavy atom. The minimum atomic E-state index is -4.76. The Bertz CT molecular complexity index is 524. The summed E-state index contributed by atoms with van der Waals surface area (Å²) in [6, 6.07) is 5.56. The molecular formula is C10H5ClF3NO2. The molecule has 17 heavy (non-hydrogen) atoms. The van der Waals surface area contributed by atoms with Gasteiger partial charge >= 0.3 is 6.36 Å². The minimum Gasteiger partial charge on any atom is -0.427 e. The molecule has 0 fully saturated rings. The van der Waals surface area contributed by atoms with Crippen LogP contribution >= 0.6 is 11.6 Å². The number of hydrogen-bond donors (Lipinski definition) is 0. The molecule has 0 spiro atoms. The van der Waals surface area contributed by atoms with Crippen molar-refractivity contribution in [2.75, 3.05) is 0 Å². The van der Waals surface area contributed by atoms with Crippen molar-refractivity contribution in [2.24, 2.45) is 0 Å². The third-order valence-electron chi connectivity index (χ3n) is 1.86. The van der Waals surface area contributed by atoms with Gasteiger partial charge in [-0.15, -0.1) is 13.2 Å². The number of benzene rings is 1. The minimum absolute atomic E-state index is 0.106. The Balaban J connectivity index is 2.41. The predicted octanol–water partition coefficient (Wildman–Crippen LogP) is 3.89. The molecule has 0 N–H and O–H groups in total. The topological polar surface area (TPSA) is 35.3 Å². The van der Waals surface area contributed by atoms with E-state index in [1.807, 2.05) is 0 Å². The summed E-state index contributed by atoms with van der Waals surface area (Å²) in [6.45, 7) is 0. The Hall–Kier alpha value is -1.69. The second kappa shape index (κ2) is 4.29. The summed E-state index contributed by atoms with van der Waals surface area (Å²) in [7, 11) is 0. The van der Waals surface area contributed by atoms with Crippen LogP contribution in [0.5, 0.6) is 5.75 Å². The molecule has 1 aromatic carbocycles. The van der Waals surface area contributed by atoms with Crippen LogP contribution in [0.15, 0.2) is 34.9 Å². The van der Waals surface area contributed by atoms with Gasteiger partial charge in [-0.25, -0.2) is 4.98 Å². The number of oxazole rings is 1. The molecule has 0 aliphatic carbocycles. The highest BCUT2D eigenvalue weighted by Gasteiger charge is 2.32. The first-order chi connectivity index (χ1) is 7.96. The van der Waals surface area contributed by atoms with Gasteiger partial charge in [-0.3, -0.25) is 0 Å². The molecule has 3 nitrogen and oxygen atoms in total. The first-order valence-corrected chi connectivity index (χ1v) is 4.80. The van der Waals surface area contributed by atoms with E-state index in [2.05, 4.69) is 9.72 Å². The third-order valence-corrected chi connectivity index (χ3v) is 2.03. The van der Waals surface area contributed by atoms with Crippen LogP contribution in [0.25, 0.3) is 11.3 Å². The molecule has 0 aliphatic rings. The van der Waals surface area contributed by atoms with Crippen molar-refractivity contribution in [3.63, 3.8) is 0 Å². The Labute approximate surface area is 98.8 Å². The molecular weight excluding hydrogens is 259 g/mol. The molecule has 1 aromatic heterocycles. The summed E-state index contributed by atoms with van der Waals surface area (Å²) in [5.74, 6) is -0.261. The highest BCUT2D eigenvalue weighted by Crippen LogP contribution is 2.34. The molecule has 0 unspecified atom stereocenters. The fourth-order valence-corrected chi connectivity index (χ4v) is 1.39. The van der Waals surface area contributed by atoms with Gasteiger partial charge in [0.2, 0.25) is 0 Å². The van der Waals surface area contributed by atoms with Crippen molar-refractivity contribution in [1.29, 1.82) is 0 Å². The highest BCUT2D eigenvalue weighted by atomic mass is 35.5. The van der Waals surface area contributed by atoms with Gasteiger partial charge in [-0.2, -0.15) is 0 Å². The zero-order valence-electron chi connectivity index (χ0n) is 8.16. The lowest BCUT2D eigenvalue weighted by molar-refractivity contribution is -0.274. The highest BCUT2D eigenvalue weighted by molar-refractivity contribution is 6.27. The molecule has 0 amide bonds. The maximum atomic E-state index is 12.1. The van der Waals surface area contributed by atoms with Crippen molar-refractivity contribution < 1.29 is 22.3 Å². The number of rotatable bonds is 2. The predicted molar refractivity (Wildman–Crippen MR) is 53.6 cm³/mol. The van der Waals surface area contributed by atoms with Crippen LogP contribution in [0, 0.1) is 0 Å². The molecule has 7 heteroatoms. The number of ether oxygens (including phenoxy) is 1. The first kappa shape index (κ1) is 11.8. The van der Waals surface area contributed by atoms with Crippen LogP contribution in [-0.2, 0) is 0 Å². The van der Waals surface area contributed by atoms with Crippen molar-refractivity contribution in [2.45, 2.75) is 6.36 Å². The Kier molecular flexibility index (Phi) is 2.97. The summed E-state index contributed by atoms with van der Waals surface area (Å²) in [5.41, 5.74) is 0.129. The quantitative estimate of drug-likeness (QED) is 0.824. The molecule has 0 saturated carbocycles. The maximum absolute atomic E-state index is 12.1. The number of aromatic nitrogens is 1. The summed E-state index contributed by atoms with van der Waals surface area (Å²) >= 11 is 5.45. The fourth-order valence-electron chi connectivity index (χ4n) is 1.26. The summed E-state index contributed by atoms with van der Waals surface area (Å²) in [6.07, 6.45) is -3.54. The largest absolute Gasteiger partial charge is 0.573 e. The molecule has 2 rings (SSSR count). The first-order valence-electron chi connectivity index (χ1n) is 4.42. The number of para-hydroxylation sites is 1. The number of halogens is 4. The van der Waals surface area contributed by atoms with Crippen LogP contribution < -0.4 is 4.74 Å². The lowest BCUT2D eigenvalue weighted by Crippen LogP contribution is -2.17. The van der Waals surface area contributed by atoms with E-state index in [0.717, 1.165) is 0 Å². The van der Waals surface area contributed by atoms with E-state index in [1.165, 1.54) is 24.4 Å². The molecule has 0 radical (unpaired) electrons. The van der Waals surface area contributed by atoms with Gasteiger partial charge in [0, 0.05) is 0 Å². The lowest BCUT2D eigenvalue weighted by atomic mass is 10.1. The second-order valence-corrected chi connectivity index (χ2v) is 3.34. The fraction of sp³-hybridized carbons (Fsp3) is 0.100. The van der Waals surface area contributed by atoms with Crippen LogP contribution in [0.2, 0.25) is 5.35 Å². The van der Waals surface area contributed by atoms with E-state index in [0.29, 0.717) is 0 Å². The number of hydrogen-bond acceptors (Lipinski definition) is 3. The lowest BCUT2D eigenvalue weighted by Gasteiger charge is -2.11. The van der Waals surface area contributed by atoms with Gasteiger partial charge in [0.1, 0.15) is 5.75 Å². The van der Waals surface area contributed by atoms with Crippen molar-refractivity contribution in [3.8, 4) is 17.1 Å². The zero-order chi connectivity index (χ0) is 12.5. The van der Waals surface area contributed by atoms with Gasteiger partial charge in [0.15, 0.2) is 5.76 Å². The van der Waals surface area contributed by atoms with Gasteiger partial charge in [0.25, 0.3) is 5.35 Å². The molecule has 0 atom stereocenters.